The number of H-pyrrole nitrogens is 1. The first kappa shape index (κ1) is 20.4. The number of benzene rings is 1. The molecule has 0 spiro atoms. The lowest BCUT2D eigenvalue weighted by molar-refractivity contribution is 0.612. The van der Waals surface area contributed by atoms with Gasteiger partial charge in [0.1, 0.15) is 12.1 Å². The monoisotopic (exact) mass is 415 g/mol. The summed E-state index contributed by atoms with van der Waals surface area (Å²) in [5.41, 5.74) is 8.64. The summed E-state index contributed by atoms with van der Waals surface area (Å²) < 4.78 is 15.3. The number of hydrogen-bond acceptors (Lipinski definition) is 5. The van der Waals surface area contributed by atoms with E-state index in [1.54, 1.807) is 6.20 Å². The van der Waals surface area contributed by atoms with Crippen LogP contribution in [0.3, 0.4) is 0 Å². The Kier molecular flexibility index (Phi) is 5.90. The molecular weight excluding hydrogens is 397 g/mol. The maximum absolute atomic E-state index is 12.8. The lowest BCUT2D eigenvalue weighted by atomic mass is 10.1. The highest BCUT2D eigenvalue weighted by atomic mass is 35.5. The van der Waals surface area contributed by atoms with Crippen molar-refractivity contribution in [3.63, 3.8) is 0 Å². The van der Waals surface area contributed by atoms with Gasteiger partial charge in [0.2, 0.25) is 0 Å². The van der Waals surface area contributed by atoms with Crippen molar-refractivity contribution in [2.45, 2.75) is 13.5 Å². The van der Waals surface area contributed by atoms with Crippen molar-refractivity contribution in [2.24, 2.45) is 5.73 Å². The van der Waals surface area contributed by atoms with Crippen molar-refractivity contribution >= 4 is 23.3 Å². The Morgan fingerprint density at radius 3 is 2.90 bits per heavy atom. The maximum atomic E-state index is 12.8. The Morgan fingerprint density at radius 1 is 1.31 bits per heavy atom. The van der Waals surface area contributed by atoms with Gasteiger partial charge in [0.05, 0.1) is 30.3 Å². The van der Waals surface area contributed by atoms with Crippen LogP contribution in [-0.4, -0.2) is 36.1 Å². The number of pyridine rings is 1. The van der Waals surface area contributed by atoms with Crippen LogP contribution in [0.5, 0.6) is 0 Å². The normalized spacial score (nSPS) is 11.6. The second-order valence-corrected chi connectivity index (χ2v) is 6.42. The summed E-state index contributed by atoms with van der Waals surface area (Å²) in [6.07, 6.45) is 3.54. The van der Waals surface area contributed by atoms with Gasteiger partial charge in [-0.2, -0.15) is 10.2 Å². The van der Waals surface area contributed by atoms with Crippen LogP contribution in [-0.2, 0) is 6.54 Å². The molecule has 4 rings (SSSR count). The van der Waals surface area contributed by atoms with Gasteiger partial charge in [0.25, 0.3) is 0 Å². The first-order chi connectivity index (χ1) is 13.6. The zero-order valence-corrected chi connectivity index (χ0v) is 16.4. The van der Waals surface area contributed by atoms with E-state index in [1.807, 2.05) is 37.3 Å². The minimum absolute atomic E-state index is 0. The van der Waals surface area contributed by atoms with Crippen molar-refractivity contribution in [1.82, 2.24) is 29.5 Å². The number of aromatic amines is 1. The molecule has 0 aliphatic rings. The second kappa shape index (κ2) is 8.38. The molecule has 0 radical (unpaired) electrons. The minimum atomic E-state index is -0.412. The van der Waals surface area contributed by atoms with E-state index in [1.165, 1.54) is 10.9 Å². The SMILES string of the molecule is Cc1ccc(-c2ccc3cn[nH]c3c2)nc1-n1cnn(C/C(=C/F)CN)c1=O.Cl. The fourth-order valence-electron chi connectivity index (χ4n) is 2.95. The van der Waals surface area contributed by atoms with Crippen molar-refractivity contribution in [3.8, 4) is 17.1 Å². The van der Waals surface area contributed by atoms with Gasteiger partial charge in [-0.25, -0.2) is 23.4 Å². The van der Waals surface area contributed by atoms with Crippen LogP contribution in [0, 0.1) is 6.92 Å². The van der Waals surface area contributed by atoms with E-state index in [2.05, 4.69) is 20.3 Å². The summed E-state index contributed by atoms with van der Waals surface area (Å²) >= 11 is 0. The second-order valence-electron chi connectivity index (χ2n) is 6.42. The van der Waals surface area contributed by atoms with Crippen LogP contribution >= 0.6 is 12.4 Å². The van der Waals surface area contributed by atoms with Gasteiger partial charge in [-0.15, -0.1) is 12.4 Å². The molecule has 29 heavy (non-hydrogen) atoms. The molecule has 3 aromatic heterocycles. The Balaban J connectivity index is 0.00000240. The molecule has 0 saturated heterocycles. The standard InChI is InChI=1S/C19H18FN7O.ClH/c1-12-2-5-16(14-3-4-15-9-22-25-17(15)6-14)24-18(12)26-11-23-27(19(26)28)10-13(7-20)8-21;/h2-7,9,11H,8,10,21H2,1H3,(H,22,25);1H/b13-7+;. The Morgan fingerprint density at radius 2 is 2.14 bits per heavy atom. The lowest BCUT2D eigenvalue weighted by Gasteiger charge is -2.08. The number of halogens is 2. The van der Waals surface area contributed by atoms with E-state index in [0.29, 0.717) is 17.8 Å². The van der Waals surface area contributed by atoms with Gasteiger partial charge in [0, 0.05) is 17.5 Å². The first-order valence-corrected chi connectivity index (χ1v) is 8.65. The van der Waals surface area contributed by atoms with Gasteiger partial charge in [-0.1, -0.05) is 18.2 Å². The highest BCUT2D eigenvalue weighted by Gasteiger charge is 2.13. The molecule has 1 aromatic carbocycles. The van der Waals surface area contributed by atoms with E-state index >= 15 is 0 Å². The van der Waals surface area contributed by atoms with Crippen LogP contribution in [0.25, 0.3) is 28.0 Å². The molecule has 0 bridgehead atoms. The van der Waals surface area contributed by atoms with Gasteiger partial charge in [-0.3, -0.25) is 5.10 Å². The smallest absolute Gasteiger partial charge is 0.327 e. The molecule has 8 nitrogen and oxygen atoms in total. The van der Waals surface area contributed by atoms with E-state index in [0.717, 1.165) is 26.7 Å². The summed E-state index contributed by atoms with van der Waals surface area (Å²) in [4.78, 5) is 17.4. The third kappa shape index (κ3) is 3.82. The molecule has 0 saturated carbocycles. The molecule has 3 N–H and O–H groups in total. The molecule has 0 unspecified atom stereocenters. The molecular formula is C19H19ClFN7O. The summed E-state index contributed by atoms with van der Waals surface area (Å²) in [6.45, 7) is 1.87. The Labute approximate surface area is 171 Å². The molecule has 0 aliphatic carbocycles. The lowest BCUT2D eigenvalue weighted by Crippen LogP contribution is -2.26. The largest absolute Gasteiger partial charge is 0.351 e. The van der Waals surface area contributed by atoms with Crippen LogP contribution in [0.1, 0.15) is 5.56 Å². The number of aryl methyl sites for hydroxylation is 1. The van der Waals surface area contributed by atoms with Crippen molar-refractivity contribution < 1.29 is 4.39 Å². The number of nitrogens with one attached hydrogen (secondary N) is 1. The third-order valence-electron chi connectivity index (χ3n) is 4.54. The number of rotatable bonds is 5. The summed E-state index contributed by atoms with van der Waals surface area (Å²) in [5.74, 6) is 0.469. The summed E-state index contributed by atoms with van der Waals surface area (Å²) in [5, 5.41) is 12.0. The van der Waals surface area contributed by atoms with Crippen LogP contribution in [0.15, 0.2) is 59.6 Å². The maximum Gasteiger partial charge on any atom is 0.351 e. The van der Waals surface area contributed by atoms with Gasteiger partial charge in [-0.05, 0) is 30.2 Å². The van der Waals surface area contributed by atoms with E-state index in [4.69, 9.17) is 5.73 Å². The fourth-order valence-corrected chi connectivity index (χ4v) is 2.95. The predicted molar refractivity (Wildman–Crippen MR) is 111 cm³/mol. The Bertz CT molecular complexity index is 1240. The van der Waals surface area contributed by atoms with Crippen molar-refractivity contribution in [1.29, 1.82) is 0 Å². The fraction of sp³-hybridized carbons (Fsp3) is 0.158. The molecule has 0 fully saturated rings. The average molecular weight is 416 g/mol. The number of fused-ring (bicyclic) bond motifs is 1. The number of aromatic nitrogens is 6. The molecule has 10 heteroatoms. The highest BCUT2D eigenvalue weighted by Crippen LogP contribution is 2.23. The predicted octanol–water partition coefficient (Wildman–Crippen LogP) is 2.51. The molecule has 150 valence electrons. The van der Waals surface area contributed by atoms with Gasteiger partial charge in [0.15, 0.2) is 0 Å². The Hall–Kier alpha value is -3.30. The summed E-state index contributed by atoms with van der Waals surface area (Å²) in [7, 11) is 0. The van der Waals surface area contributed by atoms with Crippen molar-refractivity contribution in [2.75, 3.05) is 6.54 Å². The zero-order valence-electron chi connectivity index (χ0n) is 15.5. The highest BCUT2D eigenvalue weighted by molar-refractivity contribution is 5.85. The van der Waals surface area contributed by atoms with E-state index < -0.39 is 5.69 Å². The topological polar surface area (TPSA) is 107 Å². The molecule has 4 aromatic rings. The number of nitrogens with two attached hydrogens (primary N) is 1. The average Bonchev–Trinajstić information content (AvgIpc) is 3.32. The molecule has 3 heterocycles. The molecule has 0 aliphatic heterocycles. The molecule has 0 amide bonds. The summed E-state index contributed by atoms with van der Waals surface area (Å²) in [6, 6.07) is 9.65. The van der Waals surface area contributed by atoms with Gasteiger partial charge >= 0.3 is 5.69 Å². The van der Waals surface area contributed by atoms with Crippen LogP contribution in [0.2, 0.25) is 0 Å². The zero-order chi connectivity index (χ0) is 19.7. The number of hydrogen-bond donors (Lipinski definition) is 2. The number of nitrogens with zero attached hydrogens (tertiary/aromatic N) is 5. The van der Waals surface area contributed by atoms with Crippen molar-refractivity contribution in [3.05, 3.63) is 70.8 Å². The van der Waals surface area contributed by atoms with Gasteiger partial charge < -0.3 is 5.73 Å². The van der Waals surface area contributed by atoms with Crippen LogP contribution < -0.4 is 11.4 Å². The van der Waals surface area contributed by atoms with Crippen LogP contribution in [0.4, 0.5) is 4.39 Å². The minimum Gasteiger partial charge on any atom is -0.327 e. The quantitative estimate of drug-likeness (QED) is 0.520. The first-order valence-electron chi connectivity index (χ1n) is 8.65. The third-order valence-corrected chi connectivity index (χ3v) is 4.54. The van der Waals surface area contributed by atoms with E-state index in [9.17, 15) is 9.18 Å². The van der Waals surface area contributed by atoms with E-state index in [-0.39, 0.29) is 31.1 Å². The molecule has 0 atom stereocenters.